The van der Waals surface area contributed by atoms with Crippen LogP contribution < -0.4 is 10.5 Å². The molecule has 4 heteroatoms. The maximum absolute atomic E-state index is 6.53. The van der Waals surface area contributed by atoms with Crippen molar-refractivity contribution in [1.29, 1.82) is 0 Å². The lowest BCUT2D eigenvalue weighted by atomic mass is 9.78. The van der Waals surface area contributed by atoms with Crippen LogP contribution in [0.4, 0.5) is 0 Å². The summed E-state index contributed by atoms with van der Waals surface area (Å²) in [5, 5.41) is 0.646. The van der Waals surface area contributed by atoms with Gasteiger partial charge in [0.2, 0.25) is 0 Å². The Bertz CT molecular complexity index is 472. The average Bonchev–Trinajstić information content (AvgIpc) is 2.40. The minimum Gasteiger partial charge on any atom is -0.486 e. The normalized spacial score (nSPS) is 24.4. The molecule has 2 unspecified atom stereocenters. The first-order valence-corrected chi connectivity index (χ1v) is 7.73. The third-order valence-corrected chi connectivity index (χ3v) is 4.70. The number of para-hydroxylation sites is 1. The lowest BCUT2D eigenvalue weighted by Gasteiger charge is -2.45. The van der Waals surface area contributed by atoms with Crippen LogP contribution in [0.3, 0.4) is 0 Å². The van der Waals surface area contributed by atoms with Gasteiger partial charge in [-0.3, -0.25) is 0 Å². The summed E-state index contributed by atoms with van der Waals surface area (Å²) < 4.78 is 6.18. The Kier molecular flexibility index (Phi) is 4.62. The maximum Gasteiger partial charge on any atom is 0.143 e. The molecule has 0 radical (unpaired) electrons. The van der Waals surface area contributed by atoms with Crippen LogP contribution in [0.15, 0.2) is 18.2 Å². The van der Waals surface area contributed by atoms with E-state index in [2.05, 4.69) is 32.6 Å². The van der Waals surface area contributed by atoms with Crippen LogP contribution in [0, 0.1) is 5.92 Å². The van der Waals surface area contributed by atoms with Crippen molar-refractivity contribution in [3.63, 3.8) is 0 Å². The summed E-state index contributed by atoms with van der Waals surface area (Å²) in [6.45, 7) is 11.6. The molecule has 0 aromatic heterocycles. The van der Waals surface area contributed by atoms with E-state index >= 15 is 0 Å². The summed E-state index contributed by atoms with van der Waals surface area (Å²) in [5.74, 6) is 0.996. The first-order chi connectivity index (χ1) is 9.40. The molecule has 0 saturated heterocycles. The molecule has 0 amide bonds. The molecule has 1 aromatic carbocycles. The molecular formula is C16H25ClN2O. The van der Waals surface area contributed by atoms with E-state index in [4.69, 9.17) is 22.1 Å². The van der Waals surface area contributed by atoms with Crippen LogP contribution in [-0.4, -0.2) is 30.1 Å². The predicted octanol–water partition coefficient (Wildman–Crippen LogP) is 3.47. The van der Waals surface area contributed by atoms with Crippen molar-refractivity contribution in [3.8, 4) is 5.75 Å². The van der Waals surface area contributed by atoms with Crippen LogP contribution in [-0.2, 0) is 0 Å². The van der Waals surface area contributed by atoms with E-state index in [1.165, 1.54) is 0 Å². The van der Waals surface area contributed by atoms with E-state index in [0.29, 0.717) is 5.02 Å². The Labute approximate surface area is 127 Å². The SMILES string of the molecule is CCN(CC)CC1C(N)c2cccc(Cl)c2OC1(C)C. The van der Waals surface area contributed by atoms with Gasteiger partial charge in [0, 0.05) is 24.1 Å². The molecule has 0 bridgehead atoms. The lowest BCUT2D eigenvalue weighted by Crippen LogP contribution is -2.52. The van der Waals surface area contributed by atoms with Gasteiger partial charge in [-0.15, -0.1) is 0 Å². The van der Waals surface area contributed by atoms with E-state index in [1.54, 1.807) is 0 Å². The van der Waals surface area contributed by atoms with E-state index in [9.17, 15) is 0 Å². The Morgan fingerprint density at radius 2 is 1.95 bits per heavy atom. The molecule has 3 nitrogen and oxygen atoms in total. The quantitative estimate of drug-likeness (QED) is 0.924. The standard InChI is InChI=1S/C16H25ClN2O/c1-5-19(6-2)10-12-14(18)11-8-7-9-13(17)15(11)20-16(12,3)4/h7-9,12,14H,5-6,10,18H2,1-4H3. The first-order valence-electron chi connectivity index (χ1n) is 7.36. The third-order valence-electron chi connectivity index (χ3n) is 4.40. The highest BCUT2D eigenvalue weighted by molar-refractivity contribution is 6.32. The van der Waals surface area contributed by atoms with Gasteiger partial charge in [0.15, 0.2) is 0 Å². The fourth-order valence-corrected chi connectivity index (χ4v) is 3.20. The van der Waals surface area contributed by atoms with E-state index in [-0.39, 0.29) is 17.6 Å². The van der Waals surface area contributed by atoms with E-state index in [0.717, 1.165) is 30.9 Å². The van der Waals surface area contributed by atoms with Crippen LogP contribution in [0.1, 0.15) is 39.3 Å². The van der Waals surface area contributed by atoms with Crippen LogP contribution in [0.2, 0.25) is 5.02 Å². The Balaban J connectivity index is 2.35. The van der Waals surface area contributed by atoms with E-state index < -0.39 is 0 Å². The topological polar surface area (TPSA) is 38.5 Å². The molecule has 0 saturated carbocycles. The molecule has 2 N–H and O–H groups in total. The second-order valence-corrected chi connectivity index (χ2v) is 6.39. The fraction of sp³-hybridized carbons (Fsp3) is 0.625. The highest BCUT2D eigenvalue weighted by Gasteiger charge is 2.43. The summed E-state index contributed by atoms with van der Waals surface area (Å²) in [6.07, 6.45) is 0. The van der Waals surface area contributed by atoms with Crippen molar-refractivity contribution in [3.05, 3.63) is 28.8 Å². The molecule has 0 aliphatic carbocycles. The minimum atomic E-state index is -0.319. The predicted molar refractivity (Wildman–Crippen MR) is 84.4 cm³/mol. The second kappa shape index (κ2) is 5.92. The summed E-state index contributed by atoms with van der Waals surface area (Å²) in [6, 6.07) is 5.77. The number of rotatable bonds is 4. The zero-order valence-electron chi connectivity index (χ0n) is 12.8. The molecule has 2 rings (SSSR count). The van der Waals surface area contributed by atoms with Gasteiger partial charge in [-0.1, -0.05) is 37.6 Å². The zero-order chi connectivity index (χ0) is 14.9. The highest BCUT2D eigenvalue weighted by Crippen LogP contribution is 2.45. The number of nitrogens with zero attached hydrogens (tertiary/aromatic N) is 1. The molecule has 1 heterocycles. The summed E-state index contributed by atoms with van der Waals surface area (Å²) in [4.78, 5) is 2.39. The lowest BCUT2D eigenvalue weighted by molar-refractivity contribution is -0.00520. The first kappa shape index (κ1) is 15.6. The number of fused-ring (bicyclic) bond motifs is 1. The fourth-order valence-electron chi connectivity index (χ4n) is 2.98. The zero-order valence-corrected chi connectivity index (χ0v) is 13.6. The van der Waals surface area contributed by atoms with Crippen LogP contribution in [0.5, 0.6) is 5.75 Å². The molecule has 0 fully saturated rings. The highest BCUT2D eigenvalue weighted by atomic mass is 35.5. The number of ether oxygens (including phenoxy) is 1. The van der Waals surface area contributed by atoms with Gasteiger partial charge < -0.3 is 15.4 Å². The third kappa shape index (κ3) is 2.80. The molecule has 0 spiro atoms. The monoisotopic (exact) mass is 296 g/mol. The van der Waals surface area contributed by atoms with Crippen molar-refractivity contribution in [2.75, 3.05) is 19.6 Å². The number of hydrogen-bond donors (Lipinski definition) is 1. The van der Waals surface area contributed by atoms with E-state index in [1.807, 2.05) is 18.2 Å². The van der Waals surface area contributed by atoms with Gasteiger partial charge in [0.25, 0.3) is 0 Å². The van der Waals surface area contributed by atoms with Crippen molar-refractivity contribution in [2.45, 2.75) is 39.3 Å². The van der Waals surface area contributed by atoms with Gasteiger partial charge in [-0.05, 0) is 33.0 Å². The molecule has 1 aromatic rings. The molecule has 20 heavy (non-hydrogen) atoms. The summed E-state index contributed by atoms with van der Waals surface area (Å²) in [7, 11) is 0. The average molecular weight is 297 g/mol. The Morgan fingerprint density at radius 3 is 2.55 bits per heavy atom. The van der Waals surface area contributed by atoms with Crippen molar-refractivity contribution < 1.29 is 4.74 Å². The van der Waals surface area contributed by atoms with Crippen molar-refractivity contribution in [2.24, 2.45) is 11.7 Å². The number of halogens is 1. The largest absolute Gasteiger partial charge is 0.486 e. The van der Waals surface area contributed by atoms with Gasteiger partial charge in [-0.2, -0.15) is 0 Å². The molecule has 112 valence electrons. The number of benzene rings is 1. The second-order valence-electron chi connectivity index (χ2n) is 5.98. The number of hydrogen-bond acceptors (Lipinski definition) is 3. The molecule has 1 aliphatic heterocycles. The summed E-state index contributed by atoms with van der Waals surface area (Å²) >= 11 is 6.25. The van der Waals surface area contributed by atoms with Gasteiger partial charge in [0.05, 0.1) is 5.02 Å². The van der Waals surface area contributed by atoms with Gasteiger partial charge in [0.1, 0.15) is 11.4 Å². The van der Waals surface area contributed by atoms with Crippen molar-refractivity contribution in [1.82, 2.24) is 4.90 Å². The van der Waals surface area contributed by atoms with Crippen LogP contribution in [0.25, 0.3) is 0 Å². The maximum atomic E-state index is 6.53. The van der Waals surface area contributed by atoms with Gasteiger partial charge >= 0.3 is 0 Å². The minimum absolute atomic E-state index is 0.0481. The molecular weight excluding hydrogens is 272 g/mol. The smallest absolute Gasteiger partial charge is 0.143 e. The molecule has 1 aliphatic rings. The number of nitrogens with two attached hydrogens (primary N) is 1. The van der Waals surface area contributed by atoms with Gasteiger partial charge in [-0.25, -0.2) is 0 Å². The molecule has 2 atom stereocenters. The Hall–Kier alpha value is -0.770. The summed E-state index contributed by atoms with van der Waals surface area (Å²) in [5.41, 5.74) is 7.23. The Morgan fingerprint density at radius 1 is 1.30 bits per heavy atom. The van der Waals surface area contributed by atoms with Crippen LogP contribution >= 0.6 is 11.6 Å². The van der Waals surface area contributed by atoms with Crippen molar-refractivity contribution >= 4 is 11.6 Å².